The Kier molecular flexibility index (Phi) is 3.78. The molecule has 1 nitrogen and oxygen atoms in total. The van der Waals surface area contributed by atoms with Gasteiger partial charge in [0, 0.05) is 5.92 Å². The van der Waals surface area contributed by atoms with Crippen LogP contribution in [0.25, 0.3) is 0 Å². The largest absolute Gasteiger partial charge is 0.496 e. The lowest BCUT2D eigenvalue weighted by molar-refractivity contribution is 0.411. The highest BCUT2D eigenvalue weighted by Crippen LogP contribution is 2.25. The number of benzene rings is 1. The van der Waals surface area contributed by atoms with Gasteiger partial charge in [-0.2, -0.15) is 0 Å². The predicted octanol–water partition coefficient (Wildman–Crippen LogP) is 3.43. The number of ether oxygens (including phenoxy) is 1. The molecule has 0 atom stereocenters. The lowest BCUT2D eigenvalue weighted by atomic mass is 10.0. The van der Waals surface area contributed by atoms with E-state index in [-0.39, 0.29) is 0 Å². The van der Waals surface area contributed by atoms with Crippen molar-refractivity contribution in [1.29, 1.82) is 0 Å². The van der Waals surface area contributed by atoms with Crippen LogP contribution in [0.1, 0.15) is 12.5 Å². The van der Waals surface area contributed by atoms with Crippen molar-refractivity contribution < 1.29 is 4.74 Å². The Hall–Kier alpha value is -0.510. The van der Waals surface area contributed by atoms with Crippen LogP contribution in [-0.2, 0) is 0 Å². The van der Waals surface area contributed by atoms with E-state index < -0.39 is 0 Å². The lowest BCUT2D eigenvalue weighted by Gasteiger charge is -2.09. The van der Waals surface area contributed by atoms with Crippen LogP contribution in [0, 0.1) is 9.49 Å². The van der Waals surface area contributed by atoms with Gasteiger partial charge in [0.1, 0.15) is 5.75 Å². The molecule has 0 unspecified atom stereocenters. The van der Waals surface area contributed by atoms with E-state index in [4.69, 9.17) is 4.74 Å². The maximum Gasteiger partial charge on any atom is 0.132 e. The number of hydrogen-bond acceptors (Lipinski definition) is 1. The van der Waals surface area contributed by atoms with Crippen molar-refractivity contribution in [3.63, 3.8) is 0 Å². The molecular formula is C11H12IO. The highest BCUT2D eigenvalue weighted by molar-refractivity contribution is 14.1. The molecule has 0 aliphatic rings. The summed E-state index contributed by atoms with van der Waals surface area (Å²) in [6, 6.07) is 6.14. The van der Waals surface area contributed by atoms with Crippen LogP contribution >= 0.6 is 22.6 Å². The minimum absolute atomic E-state index is 0.916. The van der Waals surface area contributed by atoms with Crippen LogP contribution in [0.5, 0.6) is 5.75 Å². The molecule has 0 spiro atoms. The number of halogens is 1. The van der Waals surface area contributed by atoms with Gasteiger partial charge in [0.2, 0.25) is 0 Å². The number of hydrogen-bond donors (Lipinski definition) is 0. The monoisotopic (exact) mass is 287 g/mol. The van der Waals surface area contributed by atoms with E-state index in [9.17, 15) is 0 Å². The zero-order valence-corrected chi connectivity index (χ0v) is 9.96. The summed E-state index contributed by atoms with van der Waals surface area (Å²) in [5, 5.41) is 0. The van der Waals surface area contributed by atoms with Crippen LogP contribution in [0.15, 0.2) is 30.9 Å². The van der Waals surface area contributed by atoms with Crippen LogP contribution in [0.2, 0.25) is 0 Å². The summed E-state index contributed by atoms with van der Waals surface area (Å²) in [5.74, 6) is 2.08. The summed E-state index contributed by atoms with van der Waals surface area (Å²) in [7, 11) is 1.69. The third-order valence-corrected chi connectivity index (χ3v) is 2.80. The first-order valence-electron chi connectivity index (χ1n) is 3.99. The summed E-state index contributed by atoms with van der Waals surface area (Å²) < 4.78 is 6.35. The Morgan fingerprint density at radius 2 is 2.23 bits per heavy atom. The van der Waals surface area contributed by atoms with Crippen LogP contribution < -0.4 is 4.74 Å². The second kappa shape index (κ2) is 4.65. The van der Waals surface area contributed by atoms with Crippen molar-refractivity contribution in [3.05, 3.63) is 45.9 Å². The average Bonchev–Trinajstić information content (AvgIpc) is 2.17. The van der Waals surface area contributed by atoms with Gasteiger partial charge in [-0.25, -0.2) is 0 Å². The molecule has 13 heavy (non-hydrogen) atoms. The molecule has 0 aliphatic carbocycles. The van der Waals surface area contributed by atoms with Crippen molar-refractivity contribution in [2.45, 2.75) is 6.92 Å². The van der Waals surface area contributed by atoms with Crippen LogP contribution in [0.4, 0.5) is 0 Å². The van der Waals surface area contributed by atoms with Gasteiger partial charge in [-0.05, 0) is 40.3 Å². The Morgan fingerprint density at radius 1 is 1.54 bits per heavy atom. The van der Waals surface area contributed by atoms with E-state index in [1.54, 1.807) is 7.11 Å². The Labute approximate surface area is 92.9 Å². The van der Waals surface area contributed by atoms with E-state index >= 15 is 0 Å². The summed E-state index contributed by atoms with van der Waals surface area (Å²) in [6.07, 6.45) is 1.85. The molecule has 1 aromatic rings. The molecule has 69 valence electrons. The summed E-state index contributed by atoms with van der Waals surface area (Å²) in [4.78, 5) is 0. The first-order chi connectivity index (χ1) is 6.19. The number of rotatable bonds is 3. The zero-order valence-electron chi connectivity index (χ0n) is 7.80. The van der Waals surface area contributed by atoms with Gasteiger partial charge < -0.3 is 4.74 Å². The smallest absolute Gasteiger partial charge is 0.132 e. The van der Waals surface area contributed by atoms with Crippen LogP contribution in [0.3, 0.4) is 0 Å². The number of methoxy groups -OCH3 is 1. The summed E-state index contributed by atoms with van der Waals surface area (Å²) >= 11 is 2.25. The standard InChI is InChI=1S/C11H12IO/c1-4-8(2)9-5-6-10(12)11(7-9)13-3/h4-7H,1H2,2-3H3. The molecule has 0 saturated carbocycles. The minimum Gasteiger partial charge on any atom is -0.496 e. The fraction of sp³-hybridized carbons (Fsp3) is 0.182. The van der Waals surface area contributed by atoms with Gasteiger partial charge in [-0.3, -0.25) is 0 Å². The maximum absolute atomic E-state index is 5.23. The predicted molar refractivity (Wildman–Crippen MR) is 63.9 cm³/mol. The van der Waals surface area contributed by atoms with Gasteiger partial charge in [0.15, 0.2) is 0 Å². The first-order valence-corrected chi connectivity index (χ1v) is 5.07. The molecule has 0 heterocycles. The zero-order chi connectivity index (χ0) is 9.84. The Balaban J connectivity index is 3.05. The molecule has 0 bridgehead atoms. The van der Waals surface area contributed by atoms with Gasteiger partial charge in [0.25, 0.3) is 0 Å². The quantitative estimate of drug-likeness (QED) is 0.774. The van der Waals surface area contributed by atoms with Crippen molar-refractivity contribution in [3.8, 4) is 5.75 Å². The minimum atomic E-state index is 0.916. The molecule has 2 heteroatoms. The molecule has 1 rings (SSSR count). The molecule has 0 saturated heterocycles. The van der Waals surface area contributed by atoms with Crippen molar-refractivity contribution >= 4 is 22.6 Å². The average molecular weight is 287 g/mol. The maximum atomic E-state index is 5.23. The third-order valence-electron chi connectivity index (χ3n) is 1.91. The van der Waals surface area contributed by atoms with Gasteiger partial charge in [0.05, 0.1) is 10.7 Å². The molecule has 1 radical (unpaired) electrons. The van der Waals surface area contributed by atoms with Crippen molar-refractivity contribution in [2.75, 3.05) is 7.11 Å². The molecule has 0 aliphatic heterocycles. The van der Waals surface area contributed by atoms with Gasteiger partial charge in [-0.15, -0.1) is 6.58 Å². The number of allylic oxidation sites excluding steroid dienone is 1. The SMILES string of the molecule is C=C[C](C)c1ccc(I)c(OC)c1. The Bertz CT molecular complexity index is 307. The molecule has 0 aromatic heterocycles. The van der Waals surface area contributed by atoms with Gasteiger partial charge >= 0.3 is 0 Å². The summed E-state index contributed by atoms with van der Waals surface area (Å²) in [5.41, 5.74) is 1.16. The van der Waals surface area contributed by atoms with Crippen molar-refractivity contribution in [2.24, 2.45) is 0 Å². The normalized spacial score (nSPS) is 10.2. The fourth-order valence-electron chi connectivity index (χ4n) is 1.02. The fourth-order valence-corrected chi connectivity index (χ4v) is 1.58. The molecule has 1 aromatic carbocycles. The van der Waals surface area contributed by atoms with Crippen LogP contribution in [-0.4, -0.2) is 7.11 Å². The highest BCUT2D eigenvalue weighted by atomic mass is 127. The Morgan fingerprint density at radius 3 is 2.77 bits per heavy atom. The molecular weight excluding hydrogens is 275 g/mol. The van der Waals surface area contributed by atoms with E-state index in [0.717, 1.165) is 20.8 Å². The lowest BCUT2D eigenvalue weighted by Crippen LogP contribution is -1.93. The van der Waals surface area contributed by atoms with E-state index in [0.29, 0.717) is 0 Å². The van der Waals surface area contributed by atoms with E-state index in [1.165, 1.54) is 0 Å². The van der Waals surface area contributed by atoms with Crippen molar-refractivity contribution in [1.82, 2.24) is 0 Å². The summed E-state index contributed by atoms with van der Waals surface area (Å²) in [6.45, 7) is 5.77. The van der Waals surface area contributed by atoms with E-state index in [1.807, 2.05) is 25.1 Å². The third kappa shape index (κ3) is 2.46. The topological polar surface area (TPSA) is 9.23 Å². The molecule has 0 amide bonds. The molecule has 0 N–H and O–H groups in total. The van der Waals surface area contributed by atoms with E-state index in [2.05, 4.69) is 35.2 Å². The first kappa shape index (κ1) is 10.6. The second-order valence-electron chi connectivity index (χ2n) is 2.74. The second-order valence-corrected chi connectivity index (χ2v) is 3.90. The highest BCUT2D eigenvalue weighted by Gasteiger charge is 2.05. The molecule has 0 fully saturated rings. The van der Waals surface area contributed by atoms with Gasteiger partial charge in [-0.1, -0.05) is 19.1 Å².